The Morgan fingerprint density at radius 3 is 2.33 bits per heavy atom. The van der Waals surface area contributed by atoms with Crippen molar-refractivity contribution in [1.29, 1.82) is 0 Å². The highest BCUT2D eigenvalue weighted by atomic mass is 127. The van der Waals surface area contributed by atoms with E-state index in [1.165, 1.54) is 0 Å². The standard InChI is InChI=1S/C7H3BrF3I/c8-4-1-3(9)2-5(12)6(4)7(10)11/h1-2,7H. The first-order valence-electron chi connectivity index (χ1n) is 2.95. The Balaban J connectivity index is 3.28. The van der Waals surface area contributed by atoms with E-state index in [-0.39, 0.29) is 13.6 Å². The lowest BCUT2D eigenvalue weighted by atomic mass is 10.2. The van der Waals surface area contributed by atoms with E-state index in [4.69, 9.17) is 0 Å². The summed E-state index contributed by atoms with van der Waals surface area (Å²) in [6.45, 7) is 0. The van der Waals surface area contributed by atoms with Crippen LogP contribution in [0.1, 0.15) is 12.0 Å². The molecule has 0 N–H and O–H groups in total. The zero-order valence-electron chi connectivity index (χ0n) is 5.62. The van der Waals surface area contributed by atoms with Crippen molar-refractivity contribution in [3.63, 3.8) is 0 Å². The molecule has 0 atom stereocenters. The molecular weight excluding hydrogens is 348 g/mol. The molecule has 1 rings (SSSR count). The smallest absolute Gasteiger partial charge is 0.207 e. The minimum absolute atomic E-state index is 0.113. The first-order valence-corrected chi connectivity index (χ1v) is 4.82. The number of halogens is 5. The molecule has 0 amide bonds. The quantitative estimate of drug-likeness (QED) is 0.668. The minimum Gasteiger partial charge on any atom is -0.207 e. The highest BCUT2D eigenvalue weighted by Gasteiger charge is 2.16. The number of alkyl halides is 2. The van der Waals surface area contributed by atoms with Crippen molar-refractivity contribution in [1.82, 2.24) is 0 Å². The van der Waals surface area contributed by atoms with Gasteiger partial charge < -0.3 is 0 Å². The molecule has 0 radical (unpaired) electrons. The van der Waals surface area contributed by atoms with Crippen LogP contribution in [-0.2, 0) is 0 Å². The van der Waals surface area contributed by atoms with E-state index >= 15 is 0 Å². The molecule has 0 aliphatic carbocycles. The second-order valence-electron chi connectivity index (χ2n) is 2.08. The third kappa shape index (κ3) is 2.12. The maximum atomic E-state index is 12.6. The van der Waals surface area contributed by atoms with E-state index in [2.05, 4.69) is 15.9 Å². The van der Waals surface area contributed by atoms with Gasteiger partial charge in [-0.05, 0) is 34.7 Å². The van der Waals surface area contributed by atoms with Crippen molar-refractivity contribution in [2.45, 2.75) is 6.43 Å². The van der Waals surface area contributed by atoms with Gasteiger partial charge in [0.1, 0.15) is 5.82 Å². The molecule has 12 heavy (non-hydrogen) atoms. The second-order valence-corrected chi connectivity index (χ2v) is 4.10. The molecule has 0 saturated carbocycles. The average Bonchev–Trinajstić information content (AvgIpc) is 1.82. The fraction of sp³-hybridized carbons (Fsp3) is 0.143. The molecule has 0 bridgehead atoms. The van der Waals surface area contributed by atoms with Crippen molar-refractivity contribution in [2.75, 3.05) is 0 Å². The first kappa shape index (κ1) is 10.3. The summed E-state index contributed by atoms with van der Waals surface area (Å²) in [6.07, 6.45) is -2.58. The number of hydrogen-bond acceptors (Lipinski definition) is 0. The molecule has 0 heterocycles. The van der Waals surface area contributed by atoms with Crippen LogP contribution < -0.4 is 0 Å². The van der Waals surface area contributed by atoms with Gasteiger partial charge in [0.25, 0.3) is 6.43 Å². The summed E-state index contributed by atoms with van der Waals surface area (Å²) in [5.74, 6) is -0.518. The zero-order valence-corrected chi connectivity index (χ0v) is 9.37. The normalized spacial score (nSPS) is 10.8. The lowest BCUT2D eigenvalue weighted by molar-refractivity contribution is 0.149. The Labute approximate surface area is 89.4 Å². The number of benzene rings is 1. The highest BCUT2D eigenvalue weighted by Crippen LogP contribution is 2.32. The molecular formula is C7H3BrF3I. The van der Waals surface area contributed by atoms with Crippen molar-refractivity contribution >= 4 is 38.5 Å². The van der Waals surface area contributed by atoms with Crippen molar-refractivity contribution in [3.8, 4) is 0 Å². The molecule has 0 aliphatic rings. The maximum Gasteiger partial charge on any atom is 0.265 e. The lowest BCUT2D eigenvalue weighted by Gasteiger charge is -2.05. The summed E-state index contributed by atoms with van der Waals surface area (Å²) in [7, 11) is 0. The van der Waals surface area contributed by atoms with Gasteiger partial charge in [-0.3, -0.25) is 0 Å². The van der Waals surface area contributed by atoms with Gasteiger partial charge in [0.2, 0.25) is 0 Å². The zero-order chi connectivity index (χ0) is 9.30. The fourth-order valence-corrected chi connectivity index (χ4v) is 2.56. The molecule has 0 fully saturated rings. The predicted molar refractivity (Wildman–Crippen MR) is 51.8 cm³/mol. The van der Waals surface area contributed by atoms with Gasteiger partial charge in [-0.25, -0.2) is 13.2 Å². The van der Waals surface area contributed by atoms with Crippen LogP contribution in [0.4, 0.5) is 13.2 Å². The highest BCUT2D eigenvalue weighted by molar-refractivity contribution is 14.1. The summed E-state index contributed by atoms with van der Waals surface area (Å²) in [4.78, 5) is 0. The third-order valence-electron chi connectivity index (χ3n) is 1.26. The van der Waals surface area contributed by atoms with Gasteiger partial charge in [0, 0.05) is 13.6 Å². The van der Waals surface area contributed by atoms with Crippen LogP contribution in [0.3, 0.4) is 0 Å². The van der Waals surface area contributed by atoms with Gasteiger partial charge >= 0.3 is 0 Å². The fourth-order valence-electron chi connectivity index (χ4n) is 0.762. The van der Waals surface area contributed by atoms with Crippen LogP contribution in [0, 0.1) is 9.39 Å². The van der Waals surface area contributed by atoms with E-state index in [0.717, 1.165) is 12.1 Å². The minimum atomic E-state index is -2.58. The Hall–Kier alpha value is 0.220. The monoisotopic (exact) mass is 350 g/mol. The summed E-state index contributed by atoms with van der Waals surface area (Å²) in [5, 5.41) is 0. The van der Waals surface area contributed by atoms with Crippen LogP contribution in [0.5, 0.6) is 0 Å². The van der Waals surface area contributed by atoms with Crippen molar-refractivity contribution in [3.05, 3.63) is 31.6 Å². The SMILES string of the molecule is Fc1cc(Br)c(C(F)F)c(I)c1. The molecule has 0 saturated heterocycles. The second kappa shape index (κ2) is 3.95. The van der Waals surface area contributed by atoms with Gasteiger partial charge in [-0.2, -0.15) is 0 Å². The third-order valence-corrected chi connectivity index (χ3v) is 2.81. The number of rotatable bonds is 1. The summed E-state index contributed by atoms with van der Waals surface area (Å²) >= 11 is 4.55. The van der Waals surface area contributed by atoms with Crippen molar-refractivity contribution < 1.29 is 13.2 Å². The van der Waals surface area contributed by atoms with E-state index in [0.29, 0.717) is 0 Å². The molecule has 0 aliphatic heterocycles. The molecule has 0 aromatic heterocycles. The summed E-state index contributed by atoms with van der Waals surface area (Å²) in [6, 6.07) is 2.11. The average molecular weight is 351 g/mol. The van der Waals surface area contributed by atoms with Crippen LogP contribution in [0.25, 0.3) is 0 Å². The summed E-state index contributed by atoms with van der Waals surface area (Å²) < 4.78 is 37.5. The Kier molecular flexibility index (Phi) is 3.39. The predicted octanol–water partition coefficient (Wildman–Crippen LogP) is 4.13. The van der Waals surface area contributed by atoms with Crippen LogP contribution in [0.15, 0.2) is 16.6 Å². The van der Waals surface area contributed by atoms with Gasteiger partial charge in [-0.1, -0.05) is 15.9 Å². The number of hydrogen-bond donors (Lipinski definition) is 0. The molecule has 0 unspecified atom stereocenters. The summed E-state index contributed by atoms with van der Waals surface area (Å²) in [5.41, 5.74) is -0.156. The molecule has 5 heteroatoms. The van der Waals surface area contributed by atoms with Gasteiger partial charge in [0.15, 0.2) is 0 Å². The van der Waals surface area contributed by atoms with Gasteiger partial charge in [0.05, 0.1) is 0 Å². The molecule has 1 aromatic rings. The largest absolute Gasteiger partial charge is 0.265 e. The maximum absolute atomic E-state index is 12.6. The van der Waals surface area contributed by atoms with E-state index in [1.54, 1.807) is 22.6 Å². The van der Waals surface area contributed by atoms with E-state index in [1.807, 2.05) is 0 Å². The topological polar surface area (TPSA) is 0 Å². The molecule has 0 nitrogen and oxygen atoms in total. The molecule has 1 aromatic carbocycles. The van der Waals surface area contributed by atoms with E-state index < -0.39 is 12.2 Å². The van der Waals surface area contributed by atoms with Gasteiger partial charge in [-0.15, -0.1) is 0 Å². The lowest BCUT2D eigenvalue weighted by Crippen LogP contribution is -1.92. The molecule has 0 spiro atoms. The Bertz CT molecular complexity index is 278. The van der Waals surface area contributed by atoms with Crippen LogP contribution >= 0.6 is 38.5 Å². The Morgan fingerprint density at radius 2 is 1.92 bits per heavy atom. The Morgan fingerprint density at radius 1 is 1.33 bits per heavy atom. The van der Waals surface area contributed by atoms with Crippen molar-refractivity contribution in [2.24, 2.45) is 0 Å². The molecule has 66 valence electrons. The van der Waals surface area contributed by atoms with E-state index in [9.17, 15) is 13.2 Å². The van der Waals surface area contributed by atoms with Crippen LogP contribution in [0.2, 0.25) is 0 Å². The first-order chi connectivity index (χ1) is 5.52. The van der Waals surface area contributed by atoms with Crippen LogP contribution in [-0.4, -0.2) is 0 Å².